The number of likely N-dealkylation sites (tertiary alicyclic amines) is 1. The first-order chi connectivity index (χ1) is 14.2. The molecule has 1 saturated heterocycles. The predicted molar refractivity (Wildman–Crippen MR) is 121 cm³/mol. The first-order valence-corrected chi connectivity index (χ1v) is 11.1. The third-order valence-electron chi connectivity index (χ3n) is 6.61. The van der Waals surface area contributed by atoms with Crippen molar-refractivity contribution in [3.8, 4) is 0 Å². The van der Waals surface area contributed by atoms with Gasteiger partial charge in [0.15, 0.2) is 5.96 Å². The van der Waals surface area contributed by atoms with Crippen LogP contribution in [0.2, 0.25) is 0 Å². The molecule has 29 heavy (non-hydrogen) atoms. The minimum atomic E-state index is 0.486. The van der Waals surface area contributed by atoms with Gasteiger partial charge in [-0.1, -0.05) is 60.7 Å². The summed E-state index contributed by atoms with van der Waals surface area (Å²) in [5.74, 6) is 2.40. The van der Waals surface area contributed by atoms with Crippen LogP contribution in [-0.4, -0.2) is 43.6 Å². The number of hydrogen-bond acceptors (Lipinski definition) is 2. The molecule has 0 radical (unpaired) electrons. The fourth-order valence-corrected chi connectivity index (χ4v) is 4.57. The molecule has 3 atom stereocenters. The van der Waals surface area contributed by atoms with Crippen LogP contribution in [0, 0.1) is 5.92 Å². The number of nitrogens with zero attached hydrogens (tertiary/aromatic N) is 2. The molecule has 4 heteroatoms. The maximum Gasteiger partial charge on any atom is 0.191 e. The Bertz CT molecular complexity index is 781. The molecule has 1 heterocycles. The van der Waals surface area contributed by atoms with Gasteiger partial charge in [0.25, 0.3) is 0 Å². The Labute approximate surface area is 175 Å². The fourth-order valence-electron chi connectivity index (χ4n) is 4.57. The van der Waals surface area contributed by atoms with E-state index >= 15 is 0 Å². The summed E-state index contributed by atoms with van der Waals surface area (Å²) in [5.41, 5.74) is 2.89. The van der Waals surface area contributed by atoms with Gasteiger partial charge in [-0.2, -0.15) is 0 Å². The van der Waals surface area contributed by atoms with E-state index in [1.54, 1.807) is 0 Å². The fraction of sp³-hybridized carbons (Fsp3) is 0.480. The van der Waals surface area contributed by atoms with Gasteiger partial charge in [-0.25, -0.2) is 0 Å². The zero-order valence-corrected chi connectivity index (χ0v) is 17.7. The van der Waals surface area contributed by atoms with E-state index in [0.717, 1.165) is 44.4 Å². The Balaban J connectivity index is 1.20. The van der Waals surface area contributed by atoms with E-state index < -0.39 is 0 Å². The zero-order chi connectivity index (χ0) is 20.1. The van der Waals surface area contributed by atoms with Gasteiger partial charge in [0.2, 0.25) is 0 Å². The normalized spacial score (nSPS) is 24.1. The second-order valence-corrected chi connectivity index (χ2v) is 8.51. The molecule has 154 valence electrons. The topological polar surface area (TPSA) is 39.7 Å². The van der Waals surface area contributed by atoms with Gasteiger partial charge in [-0.15, -0.1) is 0 Å². The average molecular weight is 391 g/mol. The molecule has 2 N–H and O–H groups in total. The van der Waals surface area contributed by atoms with Crippen LogP contribution in [0.15, 0.2) is 65.7 Å². The van der Waals surface area contributed by atoms with Gasteiger partial charge in [-0.3, -0.25) is 9.89 Å². The van der Waals surface area contributed by atoms with E-state index in [1.807, 2.05) is 7.05 Å². The highest BCUT2D eigenvalue weighted by Crippen LogP contribution is 2.46. The smallest absolute Gasteiger partial charge is 0.191 e. The van der Waals surface area contributed by atoms with Crippen molar-refractivity contribution in [1.82, 2.24) is 15.5 Å². The summed E-state index contributed by atoms with van der Waals surface area (Å²) in [6.45, 7) is 5.58. The number of benzene rings is 2. The van der Waals surface area contributed by atoms with E-state index in [4.69, 9.17) is 0 Å². The molecule has 2 fully saturated rings. The van der Waals surface area contributed by atoms with Crippen LogP contribution in [0.1, 0.15) is 49.3 Å². The Kier molecular flexibility index (Phi) is 6.50. The van der Waals surface area contributed by atoms with Gasteiger partial charge >= 0.3 is 0 Å². The molecule has 0 amide bonds. The van der Waals surface area contributed by atoms with Crippen molar-refractivity contribution < 1.29 is 0 Å². The van der Waals surface area contributed by atoms with Gasteiger partial charge in [-0.05, 0) is 49.1 Å². The van der Waals surface area contributed by atoms with Gasteiger partial charge < -0.3 is 10.6 Å². The highest BCUT2D eigenvalue weighted by molar-refractivity contribution is 5.80. The van der Waals surface area contributed by atoms with E-state index in [2.05, 4.69) is 88.1 Å². The minimum Gasteiger partial charge on any atom is -0.356 e. The second kappa shape index (κ2) is 9.45. The molecule has 3 unspecified atom stereocenters. The Morgan fingerprint density at radius 3 is 2.34 bits per heavy atom. The minimum absolute atomic E-state index is 0.486. The lowest BCUT2D eigenvalue weighted by molar-refractivity contribution is 0.158. The van der Waals surface area contributed by atoms with Crippen molar-refractivity contribution >= 4 is 5.96 Å². The maximum absolute atomic E-state index is 4.46. The molecular weight excluding hydrogens is 356 g/mol. The summed E-state index contributed by atoms with van der Waals surface area (Å²) in [6.07, 6.45) is 3.60. The van der Waals surface area contributed by atoms with Crippen LogP contribution in [0.4, 0.5) is 0 Å². The van der Waals surface area contributed by atoms with Crippen LogP contribution in [0.5, 0.6) is 0 Å². The van der Waals surface area contributed by atoms with Gasteiger partial charge in [0.05, 0.1) is 0 Å². The zero-order valence-electron chi connectivity index (χ0n) is 17.7. The van der Waals surface area contributed by atoms with Crippen molar-refractivity contribution in [3.63, 3.8) is 0 Å². The number of guanidine groups is 1. The van der Waals surface area contributed by atoms with Gasteiger partial charge in [0.1, 0.15) is 0 Å². The summed E-state index contributed by atoms with van der Waals surface area (Å²) < 4.78 is 0. The van der Waals surface area contributed by atoms with E-state index in [0.29, 0.717) is 18.0 Å². The maximum atomic E-state index is 4.46. The molecule has 1 saturated carbocycles. The third-order valence-corrected chi connectivity index (χ3v) is 6.61. The number of rotatable bonds is 6. The molecule has 2 aromatic rings. The molecular formula is C25H34N4. The molecule has 2 aliphatic rings. The van der Waals surface area contributed by atoms with Crippen molar-refractivity contribution in [2.75, 3.05) is 26.7 Å². The molecule has 0 bridgehead atoms. The highest BCUT2D eigenvalue weighted by Gasteiger charge is 2.38. The monoisotopic (exact) mass is 390 g/mol. The van der Waals surface area contributed by atoms with E-state index in [1.165, 1.54) is 17.5 Å². The number of hydrogen-bond donors (Lipinski definition) is 2. The largest absolute Gasteiger partial charge is 0.356 e. The van der Waals surface area contributed by atoms with Crippen LogP contribution >= 0.6 is 0 Å². The number of piperidine rings is 1. The molecule has 1 aliphatic heterocycles. The van der Waals surface area contributed by atoms with E-state index in [-0.39, 0.29) is 0 Å². The molecule has 4 rings (SSSR count). The second-order valence-electron chi connectivity index (χ2n) is 8.51. The lowest BCUT2D eigenvalue weighted by atomic mass is 10.0. The molecule has 1 aliphatic carbocycles. The molecule has 0 aromatic heterocycles. The van der Waals surface area contributed by atoms with Crippen LogP contribution in [-0.2, 0) is 0 Å². The van der Waals surface area contributed by atoms with Gasteiger partial charge in [0, 0.05) is 38.8 Å². The van der Waals surface area contributed by atoms with Crippen molar-refractivity contribution in [1.29, 1.82) is 0 Å². The molecule has 4 nitrogen and oxygen atoms in total. The quantitative estimate of drug-likeness (QED) is 0.574. The number of nitrogens with one attached hydrogen (secondary N) is 2. The van der Waals surface area contributed by atoms with Crippen LogP contribution in [0.25, 0.3) is 0 Å². The highest BCUT2D eigenvalue weighted by atomic mass is 15.2. The Morgan fingerprint density at radius 1 is 1.03 bits per heavy atom. The number of aliphatic imine (C=N–C) groups is 1. The predicted octanol–water partition coefficient (Wildman–Crippen LogP) is 4.18. The molecule has 2 aromatic carbocycles. The lowest BCUT2D eigenvalue weighted by Gasteiger charge is -2.37. The summed E-state index contributed by atoms with van der Waals surface area (Å²) in [6, 6.07) is 22.7. The Hall–Kier alpha value is -2.33. The first-order valence-electron chi connectivity index (χ1n) is 11.1. The van der Waals surface area contributed by atoms with Crippen LogP contribution < -0.4 is 10.6 Å². The van der Waals surface area contributed by atoms with Crippen molar-refractivity contribution in [2.45, 2.75) is 44.2 Å². The molecule has 0 spiro atoms. The summed E-state index contributed by atoms with van der Waals surface area (Å²) in [4.78, 5) is 7.06. The van der Waals surface area contributed by atoms with Crippen LogP contribution in [0.3, 0.4) is 0 Å². The van der Waals surface area contributed by atoms with Crippen molar-refractivity contribution in [2.24, 2.45) is 10.9 Å². The summed E-state index contributed by atoms with van der Waals surface area (Å²) >= 11 is 0. The standard InChI is InChI=1S/C25H34N4/c1-19(20-9-5-3-6-10-20)29-15-13-23(14-16-29)28-25(26-2)27-18-22-17-24(22)21-11-7-4-8-12-21/h3-12,19,22-24H,13-18H2,1-2H3,(H2,26,27,28). The first kappa shape index (κ1) is 20.0. The third kappa shape index (κ3) is 5.18. The average Bonchev–Trinajstić information content (AvgIpc) is 3.57. The van der Waals surface area contributed by atoms with Crippen molar-refractivity contribution in [3.05, 3.63) is 71.8 Å². The SMILES string of the molecule is CN=C(NCC1CC1c1ccccc1)NC1CCN(C(C)c2ccccc2)CC1. The summed E-state index contributed by atoms with van der Waals surface area (Å²) in [5, 5.41) is 7.22. The summed E-state index contributed by atoms with van der Waals surface area (Å²) in [7, 11) is 1.88. The lowest BCUT2D eigenvalue weighted by Crippen LogP contribution is -2.49. The van der Waals surface area contributed by atoms with E-state index in [9.17, 15) is 0 Å². The Morgan fingerprint density at radius 2 is 1.69 bits per heavy atom.